The average molecular weight is 222 g/mol. The zero-order chi connectivity index (χ0) is 12.0. The first-order valence-electron chi connectivity index (χ1n) is 4.91. The van der Waals surface area contributed by atoms with Gasteiger partial charge < -0.3 is 15.5 Å². The Morgan fingerprint density at radius 2 is 2.06 bits per heavy atom. The lowest BCUT2D eigenvalue weighted by Gasteiger charge is -2.17. The number of nitriles is 1. The van der Waals surface area contributed by atoms with Crippen molar-refractivity contribution in [3.63, 3.8) is 0 Å². The molecule has 6 nitrogen and oxygen atoms in total. The van der Waals surface area contributed by atoms with Gasteiger partial charge >= 0.3 is 0 Å². The first-order valence-corrected chi connectivity index (χ1v) is 4.91. The number of aromatic nitrogens is 2. The third-order valence-corrected chi connectivity index (χ3v) is 2.17. The maximum absolute atomic E-state index is 9.74. The fraction of sp³-hybridized carbons (Fsp3) is 0.500. The molecule has 1 aromatic heterocycles. The summed E-state index contributed by atoms with van der Waals surface area (Å²) >= 11 is 0. The third kappa shape index (κ3) is 3.24. The molecule has 16 heavy (non-hydrogen) atoms. The summed E-state index contributed by atoms with van der Waals surface area (Å²) in [6, 6.07) is 1.78. The molecule has 0 aromatic carbocycles. The van der Waals surface area contributed by atoms with Gasteiger partial charge in [-0.15, -0.1) is 0 Å². The van der Waals surface area contributed by atoms with Crippen LogP contribution in [0.1, 0.15) is 23.9 Å². The van der Waals surface area contributed by atoms with Gasteiger partial charge in [0, 0.05) is 18.0 Å². The Kier molecular flexibility index (Phi) is 4.79. The minimum Gasteiger partial charge on any atom is -0.390 e. The van der Waals surface area contributed by atoms with Crippen LogP contribution in [0.25, 0.3) is 0 Å². The second-order valence-electron chi connectivity index (χ2n) is 3.36. The van der Waals surface area contributed by atoms with E-state index in [1.54, 1.807) is 13.1 Å². The molecule has 0 aliphatic heterocycles. The highest BCUT2D eigenvalue weighted by atomic mass is 16.3. The Hall–Kier alpha value is -1.55. The van der Waals surface area contributed by atoms with Crippen LogP contribution in [0.5, 0.6) is 0 Å². The van der Waals surface area contributed by atoms with Gasteiger partial charge in [0.15, 0.2) is 0 Å². The zero-order valence-electron chi connectivity index (χ0n) is 8.96. The fourth-order valence-corrected chi connectivity index (χ4v) is 1.22. The van der Waals surface area contributed by atoms with E-state index in [1.165, 1.54) is 12.4 Å². The molecule has 0 radical (unpaired) electrons. The molecule has 0 amide bonds. The van der Waals surface area contributed by atoms with Gasteiger partial charge in [0.2, 0.25) is 5.82 Å². The van der Waals surface area contributed by atoms with Crippen molar-refractivity contribution < 1.29 is 10.2 Å². The molecule has 0 saturated carbocycles. The summed E-state index contributed by atoms with van der Waals surface area (Å²) in [7, 11) is 1.77. The van der Waals surface area contributed by atoms with Gasteiger partial charge in [0.05, 0.1) is 6.10 Å². The highest BCUT2D eigenvalue weighted by Gasteiger charge is 2.18. The van der Waals surface area contributed by atoms with Crippen LogP contribution < -0.4 is 5.32 Å². The molecule has 1 heterocycles. The number of hydrogen-bond acceptors (Lipinski definition) is 6. The fourth-order valence-electron chi connectivity index (χ4n) is 1.22. The van der Waals surface area contributed by atoms with E-state index in [-0.39, 0.29) is 5.82 Å². The number of hydrogen-bond donors (Lipinski definition) is 3. The summed E-state index contributed by atoms with van der Waals surface area (Å²) in [5.41, 5.74) is 0.405. The maximum Gasteiger partial charge on any atom is 0.232 e. The van der Waals surface area contributed by atoms with Crippen LogP contribution in [0.4, 0.5) is 0 Å². The quantitative estimate of drug-likeness (QED) is 0.612. The van der Waals surface area contributed by atoms with Crippen molar-refractivity contribution in [1.82, 2.24) is 15.3 Å². The summed E-state index contributed by atoms with van der Waals surface area (Å²) < 4.78 is 0. The Bertz CT molecular complexity index is 360. The first-order chi connectivity index (χ1) is 7.69. The number of rotatable bonds is 5. The SMILES string of the molecule is CNCCC(O)C(O)c1cnc(C#N)nc1. The lowest BCUT2D eigenvalue weighted by Crippen LogP contribution is -2.23. The molecule has 2 atom stereocenters. The predicted octanol–water partition coefficient (Wildman–Crippen LogP) is -0.648. The van der Waals surface area contributed by atoms with Crippen LogP contribution in [0, 0.1) is 11.3 Å². The lowest BCUT2D eigenvalue weighted by molar-refractivity contribution is 0.0136. The van der Waals surface area contributed by atoms with Gasteiger partial charge in [-0.2, -0.15) is 5.26 Å². The normalized spacial score (nSPS) is 14.1. The number of aliphatic hydroxyl groups excluding tert-OH is 2. The van der Waals surface area contributed by atoms with Crippen molar-refractivity contribution in [2.45, 2.75) is 18.6 Å². The van der Waals surface area contributed by atoms with E-state index >= 15 is 0 Å². The molecule has 0 fully saturated rings. The molecule has 0 bridgehead atoms. The summed E-state index contributed by atoms with van der Waals surface area (Å²) in [6.07, 6.45) is 1.22. The van der Waals surface area contributed by atoms with Gasteiger partial charge in [-0.05, 0) is 20.0 Å². The van der Waals surface area contributed by atoms with E-state index in [0.29, 0.717) is 18.5 Å². The topological polar surface area (TPSA) is 102 Å². The molecular weight excluding hydrogens is 208 g/mol. The van der Waals surface area contributed by atoms with Crippen LogP contribution in [0.2, 0.25) is 0 Å². The molecule has 2 unspecified atom stereocenters. The molecule has 6 heteroatoms. The van der Waals surface area contributed by atoms with Crippen molar-refractivity contribution in [2.75, 3.05) is 13.6 Å². The van der Waals surface area contributed by atoms with Crippen LogP contribution in [-0.4, -0.2) is 39.9 Å². The van der Waals surface area contributed by atoms with E-state index in [2.05, 4.69) is 15.3 Å². The average Bonchev–Trinajstić information content (AvgIpc) is 2.35. The third-order valence-electron chi connectivity index (χ3n) is 2.17. The molecule has 0 aliphatic rings. The lowest BCUT2D eigenvalue weighted by atomic mass is 10.1. The van der Waals surface area contributed by atoms with Crippen molar-refractivity contribution >= 4 is 0 Å². The molecule has 1 rings (SSSR count). The molecule has 86 valence electrons. The Balaban J connectivity index is 2.65. The predicted molar refractivity (Wildman–Crippen MR) is 56.3 cm³/mol. The van der Waals surface area contributed by atoms with Crippen LogP contribution in [-0.2, 0) is 0 Å². The van der Waals surface area contributed by atoms with Crippen molar-refractivity contribution in [2.24, 2.45) is 0 Å². The molecule has 0 saturated heterocycles. The summed E-state index contributed by atoms with van der Waals surface area (Å²) in [5, 5.41) is 30.7. The van der Waals surface area contributed by atoms with E-state index in [1.807, 2.05) is 0 Å². The Morgan fingerprint density at radius 1 is 1.44 bits per heavy atom. The highest BCUT2D eigenvalue weighted by molar-refractivity contribution is 5.15. The molecule has 0 spiro atoms. The summed E-state index contributed by atoms with van der Waals surface area (Å²) in [6.45, 7) is 0.607. The van der Waals surface area contributed by atoms with Crippen molar-refractivity contribution in [1.29, 1.82) is 5.26 Å². The number of nitrogens with one attached hydrogen (secondary N) is 1. The maximum atomic E-state index is 9.74. The van der Waals surface area contributed by atoms with E-state index in [9.17, 15) is 10.2 Å². The molecule has 1 aromatic rings. The minimum atomic E-state index is -1.03. The minimum absolute atomic E-state index is 0.0423. The first kappa shape index (κ1) is 12.5. The van der Waals surface area contributed by atoms with E-state index < -0.39 is 12.2 Å². The Morgan fingerprint density at radius 3 is 2.56 bits per heavy atom. The van der Waals surface area contributed by atoms with Gasteiger partial charge in [0.25, 0.3) is 0 Å². The summed E-state index contributed by atoms with van der Waals surface area (Å²) in [5.74, 6) is 0.0423. The van der Waals surface area contributed by atoms with E-state index in [4.69, 9.17) is 5.26 Å². The second-order valence-corrected chi connectivity index (χ2v) is 3.36. The Labute approximate surface area is 93.6 Å². The van der Waals surface area contributed by atoms with E-state index in [0.717, 1.165) is 0 Å². The number of aliphatic hydroxyl groups is 2. The van der Waals surface area contributed by atoms with Crippen LogP contribution >= 0.6 is 0 Å². The molecule has 3 N–H and O–H groups in total. The smallest absolute Gasteiger partial charge is 0.232 e. The van der Waals surface area contributed by atoms with Crippen molar-refractivity contribution in [3.8, 4) is 6.07 Å². The second kappa shape index (κ2) is 6.12. The largest absolute Gasteiger partial charge is 0.390 e. The van der Waals surface area contributed by atoms with Crippen molar-refractivity contribution in [3.05, 3.63) is 23.8 Å². The monoisotopic (exact) mass is 222 g/mol. The van der Waals surface area contributed by atoms with Gasteiger partial charge in [0.1, 0.15) is 12.2 Å². The van der Waals surface area contributed by atoms with Crippen LogP contribution in [0.3, 0.4) is 0 Å². The molecular formula is C10H14N4O2. The number of nitrogens with zero attached hydrogens (tertiary/aromatic N) is 3. The highest BCUT2D eigenvalue weighted by Crippen LogP contribution is 2.16. The standard InChI is InChI=1S/C10H14N4O2/c1-12-3-2-8(15)10(16)7-5-13-9(4-11)14-6-7/h5-6,8,10,12,15-16H,2-3H2,1H3. The molecule has 0 aliphatic carbocycles. The van der Waals surface area contributed by atoms with Gasteiger partial charge in [-0.1, -0.05) is 0 Å². The van der Waals surface area contributed by atoms with Crippen LogP contribution in [0.15, 0.2) is 12.4 Å². The van der Waals surface area contributed by atoms with Gasteiger partial charge in [-0.3, -0.25) is 0 Å². The van der Waals surface area contributed by atoms with Gasteiger partial charge in [-0.25, -0.2) is 9.97 Å². The zero-order valence-corrected chi connectivity index (χ0v) is 8.96. The summed E-state index contributed by atoms with van der Waals surface area (Å²) in [4.78, 5) is 7.44.